The van der Waals surface area contributed by atoms with E-state index in [1.807, 2.05) is 24.3 Å². The molecule has 1 amide bonds. The van der Waals surface area contributed by atoms with Gasteiger partial charge in [-0.1, -0.05) is 19.8 Å². The van der Waals surface area contributed by atoms with Gasteiger partial charge in [0, 0.05) is 12.1 Å². The largest absolute Gasteiger partial charge is 0.494 e. The van der Waals surface area contributed by atoms with Crippen LogP contribution in [0.3, 0.4) is 0 Å². The van der Waals surface area contributed by atoms with Crippen LogP contribution >= 0.6 is 11.3 Å². The van der Waals surface area contributed by atoms with Gasteiger partial charge in [0.25, 0.3) is 5.91 Å². The van der Waals surface area contributed by atoms with Crippen molar-refractivity contribution >= 4 is 17.2 Å². The Kier molecular flexibility index (Phi) is 7.72. The molecule has 1 N–H and O–H groups in total. The number of hydrogen-bond donors (Lipinski definition) is 1. The standard InChI is InChI=1S/C22H30N2O2S/c1-2-3-14-26-20-9-7-18(8-10-20)22(25)23-16-21(19-11-15-27-17-19)24-12-5-4-6-13-24/h7-11,15,17,21H,2-6,12-14,16H2,1H3,(H,23,25). The van der Waals surface area contributed by atoms with Crippen LogP contribution in [0.4, 0.5) is 0 Å². The van der Waals surface area contributed by atoms with Crippen LogP contribution in [-0.4, -0.2) is 37.0 Å². The van der Waals surface area contributed by atoms with Crippen molar-refractivity contribution in [3.8, 4) is 5.75 Å². The van der Waals surface area contributed by atoms with Crippen LogP contribution in [0.15, 0.2) is 41.1 Å². The van der Waals surface area contributed by atoms with Gasteiger partial charge in [-0.05, 0) is 79.0 Å². The van der Waals surface area contributed by atoms with Crippen molar-refractivity contribution in [3.63, 3.8) is 0 Å². The molecule has 2 heterocycles. The maximum atomic E-state index is 12.6. The first kappa shape index (κ1) is 19.9. The second-order valence-electron chi connectivity index (χ2n) is 7.11. The number of thiophene rings is 1. The van der Waals surface area contributed by atoms with Crippen molar-refractivity contribution < 1.29 is 9.53 Å². The summed E-state index contributed by atoms with van der Waals surface area (Å²) in [7, 11) is 0. The number of carbonyl (C=O) groups excluding carboxylic acids is 1. The Morgan fingerprint density at radius 3 is 2.63 bits per heavy atom. The Balaban J connectivity index is 1.57. The molecule has 5 heteroatoms. The maximum Gasteiger partial charge on any atom is 0.251 e. The third kappa shape index (κ3) is 5.81. The molecule has 0 radical (unpaired) electrons. The minimum absolute atomic E-state index is 0.0210. The van der Waals surface area contributed by atoms with E-state index in [1.54, 1.807) is 11.3 Å². The Morgan fingerprint density at radius 1 is 1.19 bits per heavy atom. The molecule has 146 valence electrons. The fraction of sp³-hybridized carbons (Fsp3) is 0.500. The highest BCUT2D eigenvalue weighted by Crippen LogP contribution is 2.26. The van der Waals surface area contributed by atoms with E-state index >= 15 is 0 Å². The van der Waals surface area contributed by atoms with Gasteiger partial charge in [-0.25, -0.2) is 0 Å². The predicted molar refractivity (Wildman–Crippen MR) is 112 cm³/mol. The Hall–Kier alpha value is -1.85. The summed E-state index contributed by atoms with van der Waals surface area (Å²) >= 11 is 1.72. The summed E-state index contributed by atoms with van der Waals surface area (Å²) in [4.78, 5) is 15.1. The Morgan fingerprint density at radius 2 is 1.96 bits per heavy atom. The topological polar surface area (TPSA) is 41.6 Å². The molecular weight excluding hydrogens is 356 g/mol. The van der Waals surface area contributed by atoms with Gasteiger partial charge < -0.3 is 10.1 Å². The fourth-order valence-electron chi connectivity index (χ4n) is 3.48. The highest BCUT2D eigenvalue weighted by molar-refractivity contribution is 7.07. The van der Waals surface area contributed by atoms with E-state index in [4.69, 9.17) is 4.74 Å². The van der Waals surface area contributed by atoms with Crippen LogP contribution in [0.25, 0.3) is 0 Å². The van der Waals surface area contributed by atoms with Gasteiger partial charge >= 0.3 is 0 Å². The number of rotatable bonds is 9. The highest BCUT2D eigenvalue weighted by atomic mass is 32.1. The van der Waals surface area contributed by atoms with Crippen molar-refractivity contribution in [2.45, 2.75) is 45.1 Å². The number of nitrogens with zero attached hydrogens (tertiary/aromatic N) is 1. The molecule has 1 aromatic heterocycles. The fourth-order valence-corrected chi connectivity index (χ4v) is 4.19. The lowest BCUT2D eigenvalue weighted by Gasteiger charge is -2.34. The van der Waals surface area contributed by atoms with E-state index < -0.39 is 0 Å². The van der Waals surface area contributed by atoms with Gasteiger partial charge in [0.1, 0.15) is 5.75 Å². The number of likely N-dealkylation sites (tertiary alicyclic amines) is 1. The summed E-state index contributed by atoms with van der Waals surface area (Å²) < 4.78 is 5.67. The summed E-state index contributed by atoms with van der Waals surface area (Å²) in [5.74, 6) is 0.803. The molecule has 0 saturated carbocycles. The minimum Gasteiger partial charge on any atom is -0.494 e. The quantitative estimate of drug-likeness (QED) is 0.624. The van der Waals surface area contributed by atoms with E-state index in [0.717, 1.165) is 38.3 Å². The lowest BCUT2D eigenvalue weighted by Crippen LogP contribution is -2.40. The second-order valence-corrected chi connectivity index (χ2v) is 7.89. The molecule has 1 aliphatic heterocycles. The predicted octanol–water partition coefficient (Wildman–Crippen LogP) is 4.88. The van der Waals surface area contributed by atoms with Crippen molar-refractivity contribution in [3.05, 3.63) is 52.2 Å². The number of nitrogens with one attached hydrogen (secondary N) is 1. The molecule has 1 unspecified atom stereocenters. The van der Waals surface area contributed by atoms with Crippen molar-refractivity contribution in [1.82, 2.24) is 10.2 Å². The van der Waals surface area contributed by atoms with E-state index in [9.17, 15) is 4.79 Å². The zero-order chi connectivity index (χ0) is 18.9. The third-order valence-electron chi connectivity index (χ3n) is 5.10. The average molecular weight is 387 g/mol. The molecule has 4 nitrogen and oxygen atoms in total. The van der Waals surface area contributed by atoms with Gasteiger partial charge in [-0.15, -0.1) is 0 Å². The van der Waals surface area contributed by atoms with Gasteiger partial charge in [-0.2, -0.15) is 11.3 Å². The molecule has 1 aromatic carbocycles. The molecular formula is C22H30N2O2S. The molecule has 1 aliphatic rings. The first-order valence-electron chi connectivity index (χ1n) is 10.0. The van der Waals surface area contributed by atoms with Crippen LogP contribution in [0, 0.1) is 0 Å². The Labute approximate surface area is 166 Å². The van der Waals surface area contributed by atoms with Crippen LogP contribution in [0.2, 0.25) is 0 Å². The van der Waals surface area contributed by atoms with Gasteiger partial charge in [-0.3, -0.25) is 9.69 Å². The number of piperidine rings is 1. The van der Waals surface area contributed by atoms with Crippen molar-refractivity contribution in [2.75, 3.05) is 26.2 Å². The minimum atomic E-state index is -0.0210. The lowest BCUT2D eigenvalue weighted by atomic mass is 10.0. The maximum absolute atomic E-state index is 12.6. The van der Waals surface area contributed by atoms with Crippen molar-refractivity contribution in [2.24, 2.45) is 0 Å². The van der Waals surface area contributed by atoms with Gasteiger partial charge in [0.15, 0.2) is 0 Å². The molecule has 3 rings (SSSR count). The molecule has 0 spiro atoms. The third-order valence-corrected chi connectivity index (χ3v) is 5.80. The second kappa shape index (κ2) is 10.5. The average Bonchev–Trinajstić information content (AvgIpc) is 3.24. The zero-order valence-corrected chi connectivity index (χ0v) is 17.0. The molecule has 0 bridgehead atoms. The van der Waals surface area contributed by atoms with Gasteiger partial charge in [0.2, 0.25) is 0 Å². The number of benzene rings is 1. The summed E-state index contributed by atoms with van der Waals surface area (Å²) in [6.45, 7) is 5.73. The van der Waals surface area contributed by atoms with Crippen LogP contribution < -0.4 is 10.1 Å². The zero-order valence-electron chi connectivity index (χ0n) is 16.2. The lowest BCUT2D eigenvalue weighted by molar-refractivity contribution is 0.0924. The van der Waals surface area contributed by atoms with E-state index in [0.29, 0.717) is 12.1 Å². The summed E-state index contributed by atoms with van der Waals surface area (Å²) in [5, 5.41) is 7.46. The monoisotopic (exact) mass is 386 g/mol. The summed E-state index contributed by atoms with van der Waals surface area (Å²) in [6.07, 6.45) is 5.96. The summed E-state index contributed by atoms with van der Waals surface area (Å²) in [6, 6.07) is 9.89. The van der Waals surface area contributed by atoms with Crippen LogP contribution in [0.1, 0.15) is 61.0 Å². The van der Waals surface area contributed by atoms with E-state index in [2.05, 4.69) is 34.0 Å². The Bertz CT molecular complexity index is 679. The van der Waals surface area contributed by atoms with Crippen LogP contribution in [-0.2, 0) is 0 Å². The number of hydrogen-bond acceptors (Lipinski definition) is 4. The van der Waals surface area contributed by atoms with Crippen LogP contribution in [0.5, 0.6) is 5.75 Å². The van der Waals surface area contributed by atoms with E-state index in [-0.39, 0.29) is 11.9 Å². The first-order valence-corrected chi connectivity index (χ1v) is 11.0. The van der Waals surface area contributed by atoms with Crippen molar-refractivity contribution in [1.29, 1.82) is 0 Å². The molecule has 27 heavy (non-hydrogen) atoms. The molecule has 0 aliphatic carbocycles. The summed E-state index contributed by atoms with van der Waals surface area (Å²) in [5.41, 5.74) is 1.99. The SMILES string of the molecule is CCCCOc1ccc(C(=O)NCC(c2ccsc2)N2CCCCC2)cc1. The molecule has 1 fully saturated rings. The number of ether oxygens (including phenoxy) is 1. The molecule has 1 atom stereocenters. The molecule has 2 aromatic rings. The van der Waals surface area contributed by atoms with Gasteiger partial charge in [0.05, 0.1) is 12.6 Å². The first-order chi connectivity index (χ1) is 13.3. The number of amides is 1. The van der Waals surface area contributed by atoms with E-state index in [1.165, 1.54) is 24.8 Å². The smallest absolute Gasteiger partial charge is 0.251 e. The molecule has 1 saturated heterocycles. The number of unbranched alkanes of at least 4 members (excludes halogenated alkanes) is 1. The normalized spacial score (nSPS) is 16.0. The highest BCUT2D eigenvalue weighted by Gasteiger charge is 2.23. The number of carbonyl (C=O) groups is 1.